The van der Waals surface area contributed by atoms with Crippen molar-refractivity contribution in [1.29, 1.82) is 5.26 Å². The molecule has 2 aromatic rings. The average Bonchev–Trinajstić information content (AvgIpc) is 2.42. The van der Waals surface area contributed by atoms with Gasteiger partial charge in [-0.1, -0.05) is 0 Å². The third-order valence-corrected chi connectivity index (χ3v) is 1.54. The summed E-state index contributed by atoms with van der Waals surface area (Å²) in [6.07, 6.45) is 1.13. The number of nitriles is 1. The third kappa shape index (κ3) is 0.888. The number of hydrogen-bond donors (Lipinski definition) is 1. The van der Waals surface area contributed by atoms with Gasteiger partial charge in [-0.2, -0.15) is 9.65 Å². The quantitative estimate of drug-likeness (QED) is 0.598. The minimum atomic E-state index is -0.894. The highest BCUT2D eigenvalue weighted by molar-refractivity contribution is 5.72. The van der Waals surface area contributed by atoms with Gasteiger partial charge in [-0.25, -0.2) is 4.98 Å². The van der Waals surface area contributed by atoms with Crippen LogP contribution < -0.4 is 5.73 Å². The summed E-state index contributed by atoms with van der Waals surface area (Å²) in [7, 11) is 0. The van der Waals surface area contributed by atoms with Gasteiger partial charge < -0.3 is 5.73 Å². The first-order valence-corrected chi connectivity index (χ1v) is 3.29. The predicted octanol–water partition coefficient (Wildman–Crippen LogP) is -0.283. The molecule has 2 heterocycles. The SMILES string of the molecule is N#Cc1c(F)nn2ncnc(N)c12. The second-order valence-corrected chi connectivity index (χ2v) is 2.26. The zero-order chi connectivity index (χ0) is 9.42. The van der Waals surface area contributed by atoms with Crippen molar-refractivity contribution in [2.45, 2.75) is 0 Å². The van der Waals surface area contributed by atoms with Crippen LogP contribution in [0.3, 0.4) is 0 Å². The molecule has 6 nitrogen and oxygen atoms in total. The van der Waals surface area contributed by atoms with Crippen LogP contribution in [0.4, 0.5) is 10.2 Å². The van der Waals surface area contributed by atoms with Crippen molar-refractivity contribution in [2.24, 2.45) is 0 Å². The summed E-state index contributed by atoms with van der Waals surface area (Å²) in [5.74, 6) is -0.863. The summed E-state index contributed by atoms with van der Waals surface area (Å²) in [6.45, 7) is 0. The molecule has 0 bridgehead atoms. The van der Waals surface area contributed by atoms with Crippen LogP contribution in [0.15, 0.2) is 6.33 Å². The summed E-state index contributed by atoms with van der Waals surface area (Å²) in [4.78, 5) is 3.62. The molecule has 0 saturated heterocycles. The van der Waals surface area contributed by atoms with Gasteiger partial charge in [-0.05, 0) is 0 Å². The van der Waals surface area contributed by atoms with Gasteiger partial charge in [0.1, 0.15) is 18.0 Å². The van der Waals surface area contributed by atoms with E-state index in [2.05, 4.69) is 15.2 Å². The Morgan fingerprint density at radius 1 is 1.62 bits per heavy atom. The minimum Gasteiger partial charge on any atom is -0.382 e. The Labute approximate surface area is 71.4 Å². The molecule has 0 aliphatic heterocycles. The maximum absolute atomic E-state index is 12.9. The lowest BCUT2D eigenvalue weighted by molar-refractivity contribution is 0.556. The number of nitrogen functional groups attached to an aromatic ring is 1. The second-order valence-electron chi connectivity index (χ2n) is 2.26. The molecule has 7 heteroatoms. The Kier molecular flexibility index (Phi) is 1.36. The molecule has 2 N–H and O–H groups in total. The molecule has 2 rings (SSSR count). The second kappa shape index (κ2) is 2.38. The van der Waals surface area contributed by atoms with Crippen molar-refractivity contribution < 1.29 is 4.39 Å². The lowest BCUT2D eigenvalue weighted by Gasteiger charge is -1.92. The van der Waals surface area contributed by atoms with E-state index >= 15 is 0 Å². The number of fused-ring (bicyclic) bond motifs is 1. The van der Waals surface area contributed by atoms with Gasteiger partial charge in [-0.15, -0.1) is 14.8 Å². The van der Waals surface area contributed by atoms with Crippen LogP contribution >= 0.6 is 0 Å². The van der Waals surface area contributed by atoms with Crippen LogP contribution in [0.25, 0.3) is 5.52 Å². The van der Waals surface area contributed by atoms with E-state index in [1.165, 1.54) is 0 Å². The van der Waals surface area contributed by atoms with Crippen molar-refractivity contribution in [3.05, 3.63) is 17.8 Å². The van der Waals surface area contributed by atoms with Crippen molar-refractivity contribution in [3.8, 4) is 6.07 Å². The maximum Gasteiger partial charge on any atom is 0.253 e. The lowest BCUT2D eigenvalue weighted by atomic mass is 10.3. The Morgan fingerprint density at radius 2 is 2.38 bits per heavy atom. The normalized spacial score (nSPS) is 10.2. The van der Waals surface area contributed by atoms with Crippen LogP contribution in [-0.4, -0.2) is 19.8 Å². The van der Waals surface area contributed by atoms with Gasteiger partial charge in [0.15, 0.2) is 11.3 Å². The molecule has 0 aromatic carbocycles. The van der Waals surface area contributed by atoms with E-state index in [0.717, 1.165) is 11.0 Å². The van der Waals surface area contributed by atoms with Crippen molar-refractivity contribution >= 4 is 11.3 Å². The number of nitrogens with zero attached hydrogens (tertiary/aromatic N) is 5. The van der Waals surface area contributed by atoms with Crippen molar-refractivity contribution in [2.75, 3.05) is 5.73 Å². The molecule has 0 unspecified atom stereocenters. The fourth-order valence-electron chi connectivity index (χ4n) is 0.992. The number of rotatable bonds is 0. The average molecular weight is 178 g/mol. The first-order valence-electron chi connectivity index (χ1n) is 3.29. The standard InChI is InChI=1S/C6H3FN6/c7-5-3(1-8)4-6(9)10-2-11-13(4)12-5/h2H,(H2,9,10,11). The molecule has 0 aliphatic carbocycles. The fourth-order valence-corrected chi connectivity index (χ4v) is 0.992. The van der Waals surface area contributed by atoms with E-state index in [4.69, 9.17) is 11.0 Å². The zero-order valence-corrected chi connectivity index (χ0v) is 6.27. The molecule has 13 heavy (non-hydrogen) atoms. The molecule has 2 aromatic heterocycles. The summed E-state index contributed by atoms with van der Waals surface area (Å²) in [5.41, 5.74) is 5.28. The van der Waals surface area contributed by atoms with Crippen molar-refractivity contribution in [3.63, 3.8) is 0 Å². The van der Waals surface area contributed by atoms with Crippen molar-refractivity contribution in [1.82, 2.24) is 19.8 Å². The highest BCUT2D eigenvalue weighted by Gasteiger charge is 2.15. The number of halogens is 1. The Bertz CT molecular complexity index is 510. The van der Waals surface area contributed by atoms with Gasteiger partial charge >= 0.3 is 0 Å². The van der Waals surface area contributed by atoms with E-state index in [-0.39, 0.29) is 16.9 Å². The monoisotopic (exact) mass is 178 g/mol. The van der Waals surface area contributed by atoms with Crippen LogP contribution in [0, 0.1) is 17.3 Å². The number of hydrogen-bond acceptors (Lipinski definition) is 5. The molecular weight excluding hydrogens is 175 g/mol. The maximum atomic E-state index is 12.9. The van der Waals surface area contributed by atoms with E-state index in [0.29, 0.717) is 0 Å². The van der Waals surface area contributed by atoms with Crippen LogP contribution in [0.1, 0.15) is 5.56 Å². The molecule has 0 saturated carbocycles. The first kappa shape index (κ1) is 7.42. The molecule has 0 fully saturated rings. The molecule has 0 amide bonds. The van der Waals surface area contributed by atoms with Crippen LogP contribution in [0.5, 0.6) is 0 Å². The van der Waals surface area contributed by atoms with E-state index < -0.39 is 5.95 Å². The molecule has 64 valence electrons. The third-order valence-electron chi connectivity index (χ3n) is 1.54. The predicted molar refractivity (Wildman–Crippen MR) is 39.9 cm³/mol. The zero-order valence-electron chi connectivity index (χ0n) is 6.27. The molecule has 0 atom stereocenters. The summed E-state index contributed by atoms with van der Waals surface area (Å²) in [6, 6.07) is 1.64. The molecular formula is C6H3FN6. The van der Waals surface area contributed by atoms with E-state index in [9.17, 15) is 4.39 Å². The first-order chi connectivity index (χ1) is 6.24. The van der Waals surface area contributed by atoms with Gasteiger partial charge in [0.05, 0.1) is 0 Å². The van der Waals surface area contributed by atoms with Gasteiger partial charge in [0.2, 0.25) is 0 Å². The number of aromatic nitrogens is 4. The Morgan fingerprint density at radius 3 is 3.08 bits per heavy atom. The number of nitrogens with two attached hydrogens (primary N) is 1. The molecule has 0 aliphatic rings. The summed E-state index contributed by atoms with van der Waals surface area (Å²) in [5, 5.41) is 15.5. The summed E-state index contributed by atoms with van der Waals surface area (Å²) >= 11 is 0. The van der Waals surface area contributed by atoms with Gasteiger partial charge in [0.25, 0.3) is 5.95 Å². The highest BCUT2D eigenvalue weighted by Crippen LogP contribution is 2.16. The molecule has 0 spiro atoms. The Balaban J connectivity index is 2.99. The van der Waals surface area contributed by atoms with Gasteiger partial charge in [0, 0.05) is 0 Å². The van der Waals surface area contributed by atoms with Gasteiger partial charge in [-0.3, -0.25) is 0 Å². The Hall–Kier alpha value is -2.23. The largest absolute Gasteiger partial charge is 0.382 e. The van der Waals surface area contributed by atoms with Crippen LogP contribution in [-0.2, 0) is 0 Å². The fraction of sp³-hybridized carbons (Fsp3) is 0. The lowest BCUT2D eigenvalue weighted by Crippen LogP contribution is -2.00. The van der Waals surface area contributed by atoms with E-state index in [1.54, 1.807) is 6.07 Å². The number of anilines is 1. The summed E-state index contributed by atoms with van der Waals surface area (Å²) < 4.78 is 13.8. The van der Waals surface area contributed by atoms with Crippen LogP contribution in [0.2, 0.25) is 0 Å². The minimum absolute atomic E-state index is 0.0305. The topological polar surface area (TPSA) is 92.9 Å². The highest BCUT2D eigenvalue weighted by atomic mass is 19.1. The van der Waals surface area contributed by atoms with E-state index in [1.807, 2.05) is 0 Å². The molecule has 0 radical (unpaired) electrons. The smallest absolute Gasteiger partial charge is 0.253 e.